The number of aliphatic hydroxyl groups is 1. The Bertz CT molecular complexity index is 242. The molecule has 0 atom stereocenters. The minimum absolute atomic E-state index is 0.0835. The average Bonchev–Trinajstić information content (AvgIpc) is 2.32. The predicted octanol–water partition coefficient (Wildman–Crippen LogP) is -0.480. The summed E-state index contributed by atoms with van der Waals surface area (Å²) >= 11 is 0. The molecule has 4 heteroatoms. The van der Waals surface area contributed by atoms with E-state index in [1.54, 1.807) is 6.20 Å². The molecule has 1 aromatic heterocycles. The second-order valence-electron chi connectivity index (χ2n) is 2.80. The normalized spacial score (nSPS) is 18.3. The van der Waals surface area contributed by atoms with Crippen LogP contribution < -0.4 is 5.32 Å². The van der Waals surface area contributed by atoms with Gasteiger partial charge in [-0.05, 0) is 0 Å². The molecule has 0 bridgehead atoms. The van der Waals surface area contributed by atoms with Gasteiger partial charge >= 0.3 is 0 Å². The van der Waals surface area contributed by atoms with E-state index in [1.165, 1.54) is 0 Å². The molecule has 60 valence electrons. The topological polar surface area (TPSA) is 50.1 Å². The summed E-state index contributed by atoms with van der Waals surface area (Å²) in [5.41, 5.74) is 0.886. The third kappa shape index (κ3) is 1.15. The third-order valence-corrected chi connectivity index (χ3v) is 1.97. The summed E-state index contributed by atoms with van der Waals surface area (Å²) in [6.07, 6.45) is 3.60. The molecule has 0 aromatic carbocycles. The largest absolute Gasteiger partial charge is 0.392 e. The zero-order chi connectivity index (χ0) is 7.68. The molecule has 4 nitrogen and oxygen atoms in total. The van der Waals surface area contributed by atoms with Crippen LogP contribution >= 0.6 is 0 Å². The van der Waals surface area contributed by atoms with Gasteiger partial charge in [0.25, 0.3) is 0 Å². The highest BCUT2D eigenvalue weighted by molar-refractivity contribution is 5.03. The van der Waals surface area contributed by atoms with E-state index in [1.807, 2.05) is 10.9 Å². The van der Waals surface area contributed by atoms with Crippen LogP contribution in [0.5, 0.6) is 0 Å². The zero-order valence-electron chi connectivity index (χ0n) is 6.20. The van der Waals surface area contributed by atoms with E-state index in [-0.39, 0.29) is 6.61 Å². The van der Waals surface area contributed by atoms with Gasteiger partial charge in [0.15, 0.2) is 0 Å². The van der Waals surface area contributed by atoms with Gasteiger partial charge in [-0.3, -0.25) is 4.68 Å². The molecule has 0 unspecified atom stereocenters. The molecule has 0 saturated carbocycles. The summed E-state index contributed by atoms with van der Waals surface area (Å²) < 4.78 is 1.90. The quantitative estimate of drug-likeness (QED) is 0.603. The van der Waals surface area contributed by atoms with E-state index in [9.17, 15) is 0 Å². The summed E-state index contributed by atoms with van der Waals surface area (Å²) in [6, 6.07) is 0.496. The number of nitrogens with one attached hydrogen (secondary N) is 1. The van der Waals surface area contributed by atoms with Crippen molar-refractivity contribution in [3.05, 3.63) is 18.0 Å². The Morgan fingerprint density at radius 1 is 1.73 bits per heavy atom. The van der Waals surface area contributed by atoms with Gasteiger partial charge < -0.3 is 10.4 Å². The fourth-order valence-electron chi connectivity index (χ4n) is 1.12. The number of rotatable bonds is 2. The fraction of sp³-hybridized carbons (Fsp3) is 0.571. The smallest absolute Gasteiger partial charge is 0.0767 e. The molecule has 2 N–H and O–H groups in total. The van der Waals surface area contributed by atoms with Gasteiger partial charge in [0, 0.05) is 24.8 Å². The van der Waals surface area contributed by atoms with Crippen LogP contribution in [0.3, 0.4) is 0 Å². The van der Waals surface area contributed by atoms with Crippen LogP contribution in [0.2, 0.25) is 0 Å². The maximum absolute atomic E-state index is 8.75. The van der Waals surface area contributed by atoms with Crippen molar-refractivity contribution in [3.63, 3.8) is 0 Å². The SMILES string of the molecule is OCc1cnn(C2CNC2)c1. The summed E-state index contributed by atoms with van der Waals surface area (Å²) in [6.45, 7) is 2.07. The first-order chi connectivity index (χ1) is 5.40. The number of aliphatic hydroxyl groups excluding tert-OH is 1. The monoisotopic (exact) mass is 153 g/mol. The van der Waals surface area contributed by atoms with E-state index < -0.39 is 0 Å². The summed E-state index contributed by atoms with van der Waals surface area (Å²) in [5.74, 6) is 0. The molecule has 0 amide bonds. The van der Waals surface area contributed by atoms with Gasteiger partial charge in [-0.15, -0.1) is 0 Å². The van der Waals surface area contributed by atoms with Gasteiger partial charge in [0.2, 0.25) is 0 Å². The van der Waals surface area contributed by atoms with E-state index in [0.29, 0.717) is 6.04 Å². The molecule has 1 aromatic rings. The van der Waals surface area contributed by atoms with Gasteiger partial charge in [-0.1, -0.05) is 0 Å². The lowest BCUT2D eigenvalue weighted by atomic mass is 10.2. The highest BCUT2D eigenvalue weighted by Gasteiger charge is 2.18. The van der Waals surface area contributed by atoms with Crippen molar-refractivity contribution in [1.82, 2.24) is 15.1 Å². The van der Waals surface area contributed by atoms with E-state index >= 15 is 0 Å². The minimum Gasteiger partial charge on any atom is -0.392 e. The van der Waals surface area contributed by atoms with Crippen LogP contribution in [-0.2, 0) is 6.61 Å². The molecule has 2 heterocycles. The molecule has 11 heavy (non-hydrogen) atoms. The molecule has 0 radical (unpaired) electrons. The van der Waals surface area contributed by atoms with Crippen molar-refractivity contribution in [2.75, 3.05) is 13.1 Å². The van der Waals surface area contributed by atoms with E-state index in [0.717, 1.165) is 18.7 Å². The maximum atomic E-state index is 8.75. The number of nitrogens with zero attached hydrogens (tertiary/aromatic N) is 2. The van der Waals surface area contributed by atoms with Crippen molar-refractivity contribution < 1.29 is 5.11 Å². The first-order valence-corrected chi connectivity index (χ1v) is 3.75. The summed E-state index contributed by atoms with van der Waals surface area (Å²) in [5, 5.41) is 16.0. The van der Waals surface area contributed by atoms with Crippen LogP contribution in [0, 0.1) is 0 Å². The molecule has 1 saturated heterocycles. The molecule has 0 aliphatic carbocycles. The maximum Gasteiger partial charge on any atom is 0.0767 e. The lowest BCUT2D eigenvalue weighted by Crippen LogP contribution is -2.43. The number of hydrogen-bond acceptors (Lipinski definition) is 3. The third-order valence-electron chi connectivity index (χ3n) is 1.97. The van der Waals surface area contributed by atoms with Gasteiger partial charge in [-0.2, -0.15) is 5.10 Å². The Kier molecular flexibility index (Phi) is 1.63. The van der Waals surface area contributed by atoms with Gasteiger partial charge in [-0.25, -0.2) is 0 Å². The number of aromatic nitrogens is 2. The molecule has 1 fully saturated rings. The fourth-order valence-corrected chi connectivity index (χ4v) is 1.12. The zero-order valence-corrected chi connectivity index (χ0v) is 6.20. The lowest BCUT2D eigenvalue weighted by molar-refractivity contribution is 0.280. The Labute approximate surface area is 64.8 Å². The van der Waals surface area contributed by atoms with E-state index in [2.05, 4.69) is 10.4 Å². The molecule has 1 aliphatic heterocycles. The molecule has 0 spiro atoms. The lowest BCUT2D eigenvalue weighted by Gasteiger charge is -2.27. The second-order valence-corrected chi connectivity index (χ2v) is 2.80. The molecular weight excluding hydrogens is 142 g/mol. The van der Waals surface area contributed by atoms with Crippen molar-refractivity contribution in [1.29, 1.82) is 0 Å². The van der Waals surface area contributed by atoms with Crippen LogP contribution in [0.25, 0.3) is 0 Å². The first kappa shape index (κ1) is 6.82. The highest BCUT2D eigenvalue weighted by Crippen LogP contribution is 2.10. The minimum atomic E-state index is 0.0835. The Morgan fingerprint density at radius 2 is 2.55 bits per heavy atom. The summed E-state index contributed by atoms with van der Waals surface area (Å²) in [7, 11) is 0. The highest BCUT2D eigenvalue weighted by atomic mass is 16.3. The van der Waals surface area contributed by atoms with Crippen molar-refractivity contribution in [2.24, 2.45) is 0 Å². The van der Waals surface area contributed by atoms with E-state index in [4.69, 9.17) is 5.11 Å². The van der Waals surface area contributed by atoms with Crippen LogP contribution in [0.4, 0.5) is 0 Å². The molecular formula is C7H11N3O. The molecule has 1 aliphatic rings. The Morgan fingerprint density at radius 3 is 3.00 bits per heavy atom. The molecule has 2 rings (SSSR count). The Balaban J connectivity index is 2.11. The van der Waals surface area contributed by atoms with Gasteiger partial charge in [0.05, 0.1) is 18.8 Å². The van der Waals surface area contributed by atoms with Crippen LogP contribution in [0.15, 0.2) is 12.4 Å². The van der Waals surface area contributed by atoms with Crippen molar-refractivity contribution >= 4 is 0 Å². The average molecular weight is 153 g/mol. The standard InChI is InChI=1S/C7H11N3O/c11-5-6-1-9-10(4-6)7-2-8-3-7/h1,4,7-8,11H,2-3,5H2. The summed E-state index contributed by atoms with van der Waals surface area (Å²) in [4.78, 5) is 0. The Hall–Kier alpha value is -0.870. The van der Waals surface area contributed by atoms with Crippen LogP contribution in [-0.4, -0.2) is 28.0 Å². The number of hydrogen-bond donors (Lipinski definition) is 2. The first-order valence-electron chi connectivity index (χ1n) is 3.75. The van der Waals surface area contributed by atoms with Crippen molar-refractivity contribution in [3.8, 4) is 0 Å². The predicted molar refractivity (Wildman–Crippen MR) is 40.1 cm³/mol. The second kappa shape index (κ2) is 2.64. The van der Waals surface area contributed by atoms with Gasteiger partial charge in [0.1, 0.15) is 0 Å². The van der Waals surface area contributed by atoms with Crippen LogP contribution in [0.1, 0.15) is 11.6 Å². The van der Waals surface area contributed by atoms with Crippen molar-refractivity contribution in [2.45, 2.75) is 12.6 Å².